The zero-order valence-corrected chi connectivity index (χ0v) is 12.5. The van der Waals surface area contributed by atoms with Crippen LogP contribution >= 0.6 is 11.6 Å². The molecule has 1 aliphatic heterocycles. The number of carbonyl (C=O) groups excluding carboxylic acids is 1. The van der Waals surface area contributed by atoms with Crippen LogP contribution < -0.4 is 10.9 Å². The van der Waals surface area contributed by atoms with Crippen molar-refractivity contribution in [3.8, 4) is 0 Å². The van der Waals surface area contributed by atoms with Crippen molar-refractivity contribution in [2.45, 2.75) is 50.2 Å². The molecule has 1 saturated heterocycles. The summed E-state index contributed by atoms with van der Waals surface area (Å²) in [7, 11) is 0. The summed E-state index contributed by atoms with van der Waals surface area (Å²) in [4.78, 5) is 25.8. The van der Waals surface area contributed by atoms with E-state index in [2.05, 4.69) is 10.3 Å². The molecule has 2 N–H and O–H groups in total. The first-order chi connectivity index (χ1) is 10.1. The van der Waals surface area contributed by atoms with Gasteiger partial charge in [-0.3, -0.25) is 9.59 Å². The van der Waals surface area contributed by atoms with Crippen LogP contribution in [0.1, 0.15) is 48.9 Å². The van der Waals surface area contributed by atoms with Crippen molar-refractivity contribution in [3.63, 3.8) is 0 Å². The predicted octanol–water partition coefficient (Wildman–Crippen LogP) is 2.25. The SMILES string of the molecule is O=C(NC1COC2(CCCCC2)C1)c1c[nH]c(=O)c(Cl)c1. The standard InChI is InChI=1S/C15H19ClN2O3/c16-12-6-10(8-17-14(12)20)13(19)18-11-7-15(21-9-11)4-2-1-3-5-15/h6,8,11H,1-5,7,9H2,(H,17,20)(H,18,19). The van der Waals surface area contributed by atoms with Crippen molar-refractivity contribution in [1.82, 2.24) is 10.3 Å². The van der Waals surface area contributed by atoms with Crippen molar-refractivity contribution < 1.29 is 9.53 Å². The maximum Gasteiger partial charge on any atom is 0.266 e. The number of aromatic amines is 1. The van der Waals surface area contributed by atoms with Crippen LogP contribution in [-0.2, 0) is 4.74 Å². The lowest BCUT2D eigenvalue weighted by molar-refractivity contribution is -0.0246. The highest BCUT2D eigenvalue weighted by atomic mass is 35.5. The number of pyridine rings is 1. The van der Waals surface area contributed by atoms with Gasteiger partial charge >= 0.3 is 0 Å². The summed E-state index contributed by atoms with van der Waals surface area (Å²) in [5, 5.41) is 2.99. The molecule has 1 unspecified atom stereocenters. The molecule has 0 bridgehead atoms. The molecule has 5 nitrogen and oxygen atoms in total. The summed E-state index contributed by atoms with van der Waals surface area (Å²) in [6.07, 6.45) is 8.11. The number of rotatable bonds is 2. The van der Waals surface area contributed by atoms with Gasteiger partial charge in [0, 0.05) is 6.20 Å². The number of ether oxygens (including phenoxy) is 1. The quantitative estimate of drug-likeness (QED) is 0.880. The van der Waals surface area contributed by atoms with Crippen molar-refractivity contribution in [1.29, 1.82) is 0 Å². The lowest BCUT2D eigenvalue weighted by Crippen LogP contribution is -2.37. The lowest BCUT2D eigenvalue weighted by atomic mass is 9.82. The number of nitrogens with one attached hydrogen (secondary N) is 2. The summed E-state index contributed by atoms with van der Waals surface area (Å²) >= 11 is 5.74. The van der Waals surface area contributed by atoms with E-state index in [1.807, 2.05) is 0 Å². The van der Waals surface area contributed by atoms with Gasteiger partial charge in [-0.1, -0.05) is 30.9 Å². The van der Waals surface area contributed by atoms with E-state index in [0.717, 1.165) is 19.3 Å². The molecule has 0 radical (unpaired) electrons. The Morgan fingerprint density at radius 1 is 1.38 bits per heavy atom. The number of aromatic nitrogens is 1. The van der Waals surface area contributed by atoms with E-state index >= 15 is 0 Å². The molecule has 0 aromatic carbocycles. The average molecular weight is 311 g/mol. The van der Waals surface area contributed by atoms with Gasteiger partial charge in [0.1, 0.15) is 5.02 Å². The minimum Gasteiger partial charge on any atom is -0.373 e. The Morgan fingerprint density at radius 3 is 2.86 bits per heavy atom. The minimum absolute atomic E-state index is 0.0223. The van der Waals surface area contributed by atoms with Crippen LogP contribution in [0, 0.1) is 0 Å². The van der Waals surface area contributed by atoms with E-state index < -0.39 is 5.56 Å². The molecule has 1 saturated carbocycles. The van der Waals surface area contributed by atoms with E-state index in [0.29, 0.717) is 12.2 Å². The summed E-state index contributed by atoms with van der Waals surface area (Å²) in [5.74, 6) is -0.227. The predicted molar refractivity (Wildman–Crippen MR) is 79.7 cm³/mol. The monoisotopic (exact) mass is 310 g/mol. The highest BCUT2D eigenvalue weighted by Gasteiger charge is 2.41. The molecular formula is C15H19ClN2O3. The van der Waals surface area contributed by atoms with Crippen molar-refractivity contribution in [3.05, 3.63) is 33.2 Å². The van der Waals surface area contributed by atoms with Crippen molar-refractivity contribution >= 4 is 17.5 Å². The molecule has 1 atom stereocenters. The first-order valence-corrected chi connectivity index (χ1v) is 7.79. The Bertz CT molecular complexity index is 593. The Kier molecular flexibility index (Phi) is 4.04. The van der Waals surface area contributed by atoms with Gasteiger partial charge in [0.25, 0.3) is 11.5 Å². The van der Waals surface area contributed by atoms with Gasteiger partial charge in [0.2, 0.25) is 0 Å². The van der Waals surface area contributed by atoms with Gasteiger partial charge in [0.15, 0.2) is 0 Å². The second-order valence-electron chi connectivity index (χ2n) is 5.99. The van der Waals surface area contributed by atoms with Crippen LogP contribution in [0.3, 0.4) is 0 Å². The zero-order chi connectivity index (χ0) is 14.9. The molecule has 1 spiro atoms. The molecule has 1 aromatic heterocycles. The van der Waals surface area contributed by atoms with Crippen LogP contribution in [-0.4, -0.2) is 29.1 Å². The fraction of sp³-hybridized carbons (Fsp3) is 0.600. The number of halogens is 1. The Labute approximate surface area is 128 Å². The Morgan fingerprint density at radius 2 is 2.14 bits per heavy atom. The van der Waals surface area contributed by atoms with Crippen LogP contribution in [0.4, 0.5) is 0 Å². The summed E-state index contributed by atoms with van der Waals surface area (Å²) in [6, 6.07) is 1.42. The molecule has 2 fully saturated rings. The van der Waals surface area contributed by atoms with Gasteiger partial charge < -0.3 is 15.0 Å². The molecule has 1 aliphatic carbocycles. The van der Waals surface area contributed by atoms with Crippen LogP contribution in [0.25, 0.3) is 0 Å². The Hall–Kier alpha value is -1.33. The second-order valence-corrected chi connectivity index (χ2v) is 6.40. The molecule has 2 heterocycles. The largest absolute Gasteiger partial charge is 0.373 e. The summed E-state index contributed by atoms with van der Waals surface area (Å²) in [6.45, 7) is 0.558. The van der Waals surface area contributed by atoms with Crippen LogP contribution in [0.15, 0.2) is 17.1 Å². The highest BCUT2D eigenvalue weighted by Crippen LogP contribution is 2.39. The van der Waals surface area contributed by atoms with Crippen LogP contribution in [0.2, 0.25) is 5.02 Å². The third-order valence-corrected chi connectivity index (χ3v) is 4.71. The molecule has 1 aromatic rings. The van der Waals surface area contributed by atoms with Gasteiger partial charge in [0.05, 0.1) is 23.8 Å². The maximum atomic E-state index is 12.2. The average Bonchev–Trinajstić information content (AvgIpc) is 2.85. The fourth-order valence-corrected chi connectivity index (χ4v) is 3.51. The topological polar surface area (TPSA) is 71.2 Å². The number of amides is 1. The third-order valence-electron chi connectivity index (χ3n) is 4.43. The second kappa shape index (κ2) is 5.81. The van der Waals surface area contributed by atoms with E-state index in [1.54, 1.807) is 0 Å². The van der Waals surface area contributed by atoms with E-state index in [1.165, 1.54) is 31.5 Å². The van der Waals surface area contributed by atoms with E-state index in [9.17, 15) is 9.59 Å². The molecule has 2 aliphatic rings. The number of carbonyl (C=O) groups is 1. The fourth-order valence-electron chi connectivity index (χ4n) is 3.34. The zero-order valence-electron chi connectivity index (χ0n) is 11.8. The van der Waals surface area contributed by atoms with E-state index in [4.69, 9.17) is 16.3 Å². The van der Waals surface area contributed by atoms with Gasteiger partial charge in [-0.05, 0) is 25.3 Å². The summed E-state index contributed by atoms with van der Waals surface area (Å²) < 4.78 is 5.98. The molecular weight excluding hydrogens is 292 g/mol. The van der Waals surface area contributed by atoms with E-state index in [-0.39, 0.29) is 22.6 Å². The van der Waals surface area contributed by atoms with Crippen molar-refractivity contribution in [2.75, 3.05) is 6.61 Å². The molecule has 3 rings (SSSR count). The maximum absolute atomic E-state index is 12.2. The molecule has 1 amide bonds. The smallest absolute Gasteiger partial charge is 0.266 e. The Balaban J connectivity index is 1.63. The first kappa shape index (κ1) is 14.6. The van der Waals surface area contributed by atoms with Gasteiger partial charge in [-0.25, -0.2) is 0 Å². The van der Waals surface area contributed by atoms with Crippen molar-refractivity contribution in [2.24, 2.45) is 0 Å². The number of hydrogen-bond acceptors (Lipinski definition) is 3. The third kappa shape index (κ3) is 3.14. The number of hydrogen-bond donors (Lipinski definition) is 2. The minimum atomic E-state index is -0.390. The van der Waals surface area contributed by atoms with Gasteiger partial charge in [-0.15, -0.1) is 0 Å². The normalized spacial score (nSPS) is 24.1. The molecule has 6 heteroatoms. The highest BCUT2D eigenvalue weighted by molar-refractivity contribution is 6.30. The molecule has 114 valence electrons. The van der Waals surface area contributed by atoms with Crippen LogP contribution in [0.5, 0.6) is 0 Å². The summed E-state index contributed by atoms with van der Waals surface area (Å²) in [5.41, 5.74) is -0.0541. The number of H-pyrrole nitrogens is 1. The first-order valence-electron chi connectivity index (χ1n) is 7.41. The lowest BCUT2D eigenvalue weighted by Gasteiger charge is -2.32. The van der Waals surface area contributed by atoms with Gasteiger partial charge in [-0.2, -0.15) is 0 Å². The molecule has 21 heavy (non-hydrogen) atoms.